The molecular formula is C16H16BrN3O2S. The number of benzene rings is 1. The number of aromatic nitrogens is 2. The van der Waals surface area contributed by atoms with Crippen LogP contribution in [0.3, 0.4) is 0 Å². The van der Waals surface area contributed by atoms with E-state index in [9.17, 15) is 4.79 Å². The summed E-state index contributed by atoms with van der Waals surface area (Å²) in [5.74, 6) is 0.628. The highest BCUT2D eigenvalue weighted by atomic mass is 79.9. The number of nitrogens with zero attached hydrogens (tertiary/aromatic N) is 3. The molecule has 0 bridgehead atoms. The standard InChI is InChI=1S/C16H16BrN3O2S/c1-3-9-20(10-4-2)14(21)11-23-16-19-18-15(22-16)12-5-7-13(17)8-6-12/h3-8H,1-2,9-11H2. The van der Waals surface area contributed by atoms with E-state index < -0.39 is 0 Å². The molecule has 0 unspecified atom stereocenters. The van der Waals surface area contributed by atoms with E-state index >= 15 is 0 Å². The van der Waals surface area contributed by atoms with Gasteiger partial charge in [-0.15, -0.1) is 23.4 Å². The van der Waals surface area contributed by atoms with Gasteiger partial charge in [0.1, 0.15) is 0 Å². The van der Waals surface area contributed by atoms with Crippen LogP contribution in [0.2, 0.25) is 0 Å². The fourth-order valence-corrected chi connectivity index (χ4v) is 2.71. The molecule has 0 aliphatic heterocycles. The molecule has 23 heavy (non-hydrogen) atoms. The molecule has 1 aromatic heterocycles. The third kappa shape index (κ3) is 5.07. The molecule has 0 fully saturated rings. The summed E-state index contributed by atoms with van der Waals surface area (Å²) in [6.07, 6.45) is 3.37. The summed E-state index contributed by atoms with van der Waals surface area (Å²) >= 11 is 4.59. The van der Waals surface area contributed by atoms with Gasteiger partial charge in [-0.25, -0.2) is 0 Å². The maximum absolute atomic E-state index is 12.1. The molecule has 1 heterocycles. The average molecular weight is 394 g/mol. The van der Waals surface area contributed by atoms with Crippen LogP contribution in [0.15, 0.2) is 63.7 Å². The van der Waals surface area contributed by atoms with Crippen molar-refractivity contribution < 1.29 is 9.21 Å². The fourth-order valence-electron chi connectivity index (χ4n) is 1.78. The van der Waals surface area contributed by atoms with Crippen molar-refractivity contribution in [3.8, 4) is 11.5 Å². The quantitative estimate of drug-likeness (QED) is 0.504. The molecular weight excluding hydrogens is 378 g/mol. The van der Waals surface area contributed by atoms with Crippen molar-refractivity contribution >= 4 is 33.6 Å². The van der Waals surface area contributed by atoms with Gasteiger partial charge in [0.25, 0.3) is 5.22 Å². The summed E-state index contributed by atoms with van der Waals surface area (Å²) in [5, 5.41) is 8.33. The monoisotopic (exact) mass is 393 g/mol. The largest absolute Gasteiger partial charge is 0.411 e. The zero-order valence-corrected chi connectivity index (χ0v) is 14.8. The fraction of sp³-hybridized carbons (Fsp3) is 0.188. The zero-order valence-electron chi connectivity index (χ0n) is 12.4. The van der Waals surface area contributed by atoms with Crippen LogP contribution in [0.1, 0.15) is 0 Å². The van der Waals surface area contributed by atoms with Crippen LogP contribution in [0, 0.1) is 0 Å². The molecule has 0 atom stereocenters. The van der Waals surface area contributed by atoms with E-state index in [2.05, 4.69) is 39.3 Å². The maximum atomic E-state index is 12.1. The Hall–Kier alpha value is -1.86. The van der Waals surface area contributed by atoms with Gasteiger partial charge in [0.15, 0.2) is 0 Å². The topological polar surface area (TPSA) is 59.2 Å². The van der Waals surface area contributed by atoms with Gasteiger partial charge in [0, 0.05) is 23.1 Å². The van der Waals surface area contributed by atoms with Crippen molar-refractivity contribution in [1.82, 2.24) is 15.1 Å². The highest BCUT2D eigenvalue weighted by Gasteiger charge is 2.14. The lowest BCUT2D eigenvalue weighted by Gasteiger charge is -2.18. The van der Waals surface area contributed by atoms with E-state index in [0.29, 0.717) is 24.2 Å². The Morgan fingerprint density at radius 3 is 2.48 bits per heavy atom. The first-order chi connectivity index (χ1) is 11.1. The van der Waals surface area contributed by atoms with Crippen LogP contribution in [0.5, 0.6) is 0 Å². The molecule has 1 aromatic carbocycles. The van der Waals surface area contributed by atoms with E-state index in [1.54, 1.807) is 17.1 Å². The maximum Gasteiger partial charge on any atom is 0.277 e. The van der Waals surface area contributed by atoms with Crippen molar-refractivity contribution in [3.05, 3.63) is 54.0 Å². The summed E-state index contributed by atoms with van der Waals surface area (Å²) in [4.78, 5) is 13.8. The van der Waals surface area contributed by atoms with Gasteiger partial charge in [-0.3, -0.25) is 4.79 Å². The third-order valence-electron chi connectivity index (χ3n) is 2.87. The minimum atomic E-state index is -0.0295. The Morgan fingerprint density at radius 1 is 1.22 bits per heavy atom. The van der Waals surface area contributed by atoms with Gasteiger partial charge in [0.05, 0.1) is 5.75 Å². The first kappa shape index (κ1) is 17.5. The predicted molar refractivity (Wildman–Crippen MR) is 95.1 cm³/mol. The smallest absolute Gasteiger partial charge is 0.277 e. The highest BCUT2D eigenvalue weighted by Crippen LogP contribution is 2.24. The minimum absolute atomic E-state index is 0.0295. The second-order valence-corrected chi connectivity index (χ2v) is 6.39. The molecule has 0 aliphatic rings. The Morgan fingerprint density at radius 2 is 1.87 bits per heavy atom. The number of hydrogen-bond acceptors (Lipinski definition) is 5. The summed E-state index contributed by atoms with van der Waals surface area (Å²) in [6.45, 7) is 8.27. The Kier molecular flexibility index (Phi) is 6.61. The molecule has 7 heteroatoms. The number of thioether (sulfide) groups is 1. The second kappa shape index (κ2) is 8.69. The molecule has 1 amide bonds. The lowest BCUT2D eigenvalue weighted by molar-refractivity contribution is -0.127. The molecule has 0 radical (unpaired) electrons. The normalized spacial score (nSPS) is 10.3. The zero-order chi connectivity index (χ0) is 16.7. The van der Waals surface area contributed by atoms with Crippen molar-refractivity contribution in [2.24, 2.45) is 0 Å². The number of halogens is 1. The molecule has 0 saturated heterocycles. The van der Waals surface area contributed by atoms with Crippen LogP contribution in [-0.2, 0) is 4.79 Å². The van der Waals surface area contributed by atoms with Crippen LogP contribution in [0.4, 0.5) is 0 Å². The average Bonchev–Trinajstić information content (AvgIpc) is 3.02. The summed E-state index contributed by atoms with van der Waals surface area (Å²) in [7, 11) is 0. The first-order valence-electron chi connectivity index (χ1n) is 6.86. The van der Waals surface area contributed by atoms with Crippen molar-refractivity contribution in [1.29, 1.82) is 0 Å². The van der Waals surface area contributed by atoms with E-state index in [-0.39, 0.29) is 11.7 Å². The number of carbonyl (C=O) groups excluding carboxylic acids is 1. The summed E-state index contributed by atoms with van der Waals surface area (Å²) < 4.78 is 6.55. The Labute approximate surface area is 147 Å². The van der Waals surface area contributed by atoms with E-state index in [0.717, 1.165) is 10.0 Å². The van der Waals surface area contributed by atoms with Crippen LogP contribution in [0.25, 0.3) is 11.5 Å². The number of amides is 1. The summed E-state index contributed by atoms with van der Waals surface area (Å²) in [5.41, 5.74) is 0.832. The number of rotatable bonds is 8. The molecule has 2 rings (SSSR count). The minimum Gasteiger partial charge on any atom is -0.411 e. The highest BCUT2D eigenvalue weighted by molar-refractivity contribution is 9.10. The van der Waals surface area contributed by atoms with Crippen molar-refractivity contribution in [2.45, 2.75) is 5.22 Å². The molecule has 5 nitrogen and oxygen atoms in total. The number of carbonyl (C=O) groups is 1. The van der Waals surface area contributed by atoms with Crippen molar-refractivity contribution in [2.75, 3.05) is 18.8 Å². The molecule has 0 N–H and O–H groups in total. The van der Waals surface area contributed by atoms with E-state index in [1.807, 2.05) is 24.3 Å². The van der Waals surface area contributed by atoms with Crippen LogP contribution in [-0.4, -0.2) is 39.8 Å². The van der Waals surface area contributed by atoms with Gasteiger partial charge in [-0.05, 0) is 24.3 Å². The van der Waals surface area contributed by atoms with E-state index in [1.165, 1.54) is 11.8 Å². The third-order valence-corrected chi connectivity index (χ3v) is 4.20. The lowest BCUT2D eigenvalue weighted by Crippen LogP contribution is -2.32. The number of hydrogen-bond donors (Lipinski definition) is 0. The van der Waals surface area contributed by atoms with Gasteiger partial charge in [-0.1, -0.05) is 39.8 Å². The van der Waals surface area contributed by atoms with Gasteiger partial charge >= 0.3 is 0 Å². The first-order valence-corrected chi connectivity index (χ1v) is 8.63. The second-order valence-electron chi connectivity index (χ2n) is 4.54. The van der Waals surface area contributed by atoms with Gasteiger partial charge in [0.2, 0.25) is 11.8 Å². The van der Waals surface area contributed by atoms with E-state index in [4.69, 9.17) is 4.42 Å². The molecule has 0 saturated carbocycles. The molecule has 2 aromatic rings. The molecule has 0 spiro atoms. The Bertz CT molecular complexity index is 675. The molecule has 120 valence electrons. The SMILES string of the molecule is C=CCN(CC=C)C(=O)CSc1nnc(-c2ccc(Br)cc2)o1. The van der Waals surface area contributed by atoms with Gasteiger partial charge in [-0.2, -0.15) is 0 Å². The summed E-state index contributed by atoms with van der Waals surface area (Å²) in [6, 6.07) is 7.57. The lowest BCUT2D eigenvalue weighted by atomic mass is 10.2. The van der Waals surface area contributed by atoms with Crippen LogP contribution >= 0.6 is 27.7 Å². The van der Waals surface area contributed by atoms with Gasteiger partial charge < -0.3 is 9.32 Å². The van der Waals surface area contributed by atoms with Crippen LogP contribution < -0.4 is 0 Å². The molecule has 0 aliphatic carbocycles. The van der Waals surface area contributed by atoms with Crippen molar-refractivity contribution in [3.63, 3.8) is 0 Å². The predicted octanol–water partition coefficient (Wildman–Crippen LogP) is 3.79. The Balaban J connectivity index is 1.96.